The second-order valence-electron chi connectivity index (χ2n) is 13.0. The zero-order chi connectivity index (χ0) is 30.3. The molecule has 3 fully saturated rings. The van der Waals surface area contributed by atoms with Gasteiger partial charge < -0.3 is 26.2 Å². The van der Waals surface area contributed by atoms with Crippen LogP contribution in [0, 0.1) is 5.92 Å². The highest BCUT2D eigenvalue weighted by Gasteiger charge is 2.38. The van der Waals surface area contributed by atoms with Crippen molar-refractivity contribution < 1.29 is 9.59 Å². The monoisotopic (exact) mass is 593 g/mol. The molecule has 2 amide bonds. The first kappa shape index (κ1) is 30.4. The van der Waals surface area contributed by atoms with Gasteiger partial charge in [-0.15, -0.1) is 0 Å². The quantitative estimate of drug-likeness (QED) is 0.240. The molecule has 2 atom stereocenters. The summed E-state index contributed by atoms with van der Waals surface area (Å²) >= 11 is 0. The predicted molar refractivity (Wildman–Crippen MR) is 178 cm³/mol. The van der Waals surface area contributed by atoms with Crippen LogP contribution in [-0.4, -0.2) is 66.9 Å². The Kier molecular flexibility index (Phi) is 9.93. The van der Waals surface area contributed by atoms with Gasteiger partial charge in [-0.2, -0.15) is 0 Å². The van der Waals surface area contributed by atoms with Crippen molar-refractivity contribution in [1.29, 1.82) is 0 Å². The minimum atomic E-state index is -0.140. The Morgan fingerprint density at radius 1 is 0.818 bits per heavy atom. The van der Waals surface area contributed by atoms with E-state index in [1.165, 1.54) is 49.9 Å². The summed E-state index contributed by atoms with van der Waals surface area (Å²) in [5.74, 6) is 1.39. The van der Waals surface area contributed by atoms with E-state index in [9.17, 15) is 9.59 Å². The van der Waals surface area contributed by atoms with Crippen LogP contribution < -0.4 is 16.4 Å². The molecule has 3 aromatic rings. The van der Waals surface area contributed by atoms with E-state index in [0.29, 0.717) is 28.9 Å². The molecule has 232 valence electrons. The van der Waals surface area contributed by atoms with Crippen molar-refractivity contribution in [2.75, 3.05) is 50.3 Å². The molecule has 2 saturated heterocycles. The summed E-state index contributed by atoms with van der Waals surface area (Å²) in [5.41, 5.74) is 11.3. The van der Waals surface area contributed by atoms with Gasteiger partial charge in [-0.25, -0.2) is 0 Å². The minimum Gasteiger partial charge on any atom is -0.397 e. The SMILES string of the molecule is Nc1ccccc1NC(=O)c1ccc(CCCN2CCC(CNC3CC3c3ccc(C(=O)N4CCCCC4)cc3)CC2)cc1. The summed E-state index contributed by atoms with van der Waals surface area (Å²) in [6.07, 6.45) is 9.36. The molecule has 1 aliphatic carbocycles. The molecule has 0 radical (unpaired) electrons. The predicted octanol–water partition coefficient (Wildman–Crippen LogP) is 5.94. The number of anilines is 2. The van der Waals surface area contributed by atoms with Crippen LogP contribution in [-0.2, 0) is 6.42 Å². The van der Waals surface area contributed by atoms with Crippen molar-refractivity contribution >= 4 is 23.2 Å². The topological polar surface area (TPSA) is 90.7 Å². The number of hydrogen-bond donors (Lipinski definition) is 3. The summed E-state index contributed by atoms with van der Waals surface area (Å²) in [7, 11) is 0. The fourth-order valence-corrected chi connectivity index (χ4v) is 6.81. The maximum Gasteiger partial charge on any atom is 0.255 e. The van der Waals surface area contributed by atoms with Crippen molar-refractivity contribution in [3.8, 4) is 0 Å². The Hall–Kier alpha value is -3.68. The molecule has 7 heteroatoms. The van der Waals surface area contributed by atoms with Gasteiger partial charge in [0, 0.05) is 36.2 Å². The van der Waals surface area contributed by atoms with Crippen LogP contribution >= 0.6 is 0 Å². The number of benzene rings is 3. The molecule has 1 saturated carbocycles. The van der Waals surface area contributed by atoms with Gasteiger partial charge in [0.15, 0.2) is 0 Å². The summed E-state index contributed by atoms with van der Waals surface area (Å²) < 4.78 is 0. The van der Waals surface area contributed by atoms with E-state index in [-0.39, 0.29) is 11.8 Å². The fourth-order valence-electron chi connectivity index (χ4n) is 6.81. The average molecular weight is 594 g/mol. The lowest BCUT2D eigenvalue weighted by Crippen LogP contribution is -2.38. The molecule has 4 N–H and O–H groups in total. The molecule has 3 aliphatic rings. The molecular formula is C37H47N5O2. The molecule has 2 unspecified atom stereocenters. The zero-order valence-electron chi connectivity index (χ0n) is 25.8. The number of piperidine rings is 2. The number of nitrogens with two attached hydrogens (primary N) is 1. The molecule has 2 heterocycles. The van der Waals surface area contributed by atoms with Crippen molar-refractivity contribution in [3.63, 3.8) is 0 Å². The number of nitrogens with one attached hydrogen (secondary N) is 2. The maximum atomic E-state index is 12.8. The van der Waals surface area contributed by atoms with E-state index in [1.807, 2.05) is 47.4 Å². The van der Waals surface area contributed by atoms with Crippen LogP contribution in [0.25, 0.3) is 0 Å². The van der Waals surface area contributed by atoms with E-state index in [2.05, 4.69) is 39.8 Å². The van der Waals surface area contributed by atoms with Crippen molar-refractivity contribution in [2.45, 2.75) is 63.3 Å². The van der Waals surface area contributed by atoms with E-state index in [0.717, 1.165) is 63.3 Å². The zero-order valence-corrected chi connectivity index (χ0v) is 25.8. The highest BCUT2D eigenvalue weighted by molar-refractivity contribution is 6.05. The van der Waals surface area contributed by atoms with Crippen molar-refractivity contribution in [3.05, 3.63) is 95.1 Å². The van der Waals surface area contributed by atoms with Gasteiger partial charge in [-0.3, -0.25) is 9.59 Å². The third-order valence-corrected chi connectivity index (χ3v) is 9.76. The second kappa shape index (κ2) is 14.4. The average Bonchev–Trinajstić information content (AvgIpc) is 3.86. The highest BCUT2D eigenvalue weighted by atomic mass is 16.2. The number of para-hydroxylation sites is 2. The molecule has 6 rings (SSSR count). The highest BCUT2D eigenvalue weighted by Crippen LogP contribution is 2.41. The van der Waals surface area contributed by atoms with Crippen LogP contribution in [0.5, 0.6) is 0 Å². The van der Waals surface area contributed by atoms with Gasteiger partial charge in [0.1, 0.15) is 0 Å². The molecule has 7 nitrogen and oxygen atoms in total. The van der Waals surface area contributed by atoms with Gasteiger partial charge in [-0.05, 0) is 131 Å². The Bertz CT molecular complexity index is 1390. The van der Waals surface area contributed by atoms with Crippen LogP contribution in [0.3, 0.4) is 0 Å². The van der Waals surface area contributed by atoms with E-state index in [4.69, 9.17) is 5.73 Å². The van der Waals surface area contributed by atoms with Gasteiger partial charge in [0.05, 0.1) is 11.4 Å². The maximum absolute atomic E-state index is 12.8. The van der Waals surface area contributed by atoms with E-state index >= 15 is 0 Å². The molecular weight excluding hydrogens is 546 g/mol. The number of nitrogen functional groups attached to an aromatic ring is 1. The van der Waals surface area contributed by atoms with Gasteiger partial charge >= 0.3 is 0 Å². The Labute approximate surface area is 262 Å². The third-order valence-electron chi connectivity index (χ3n) is 9.76. The van der Waals surface area contributed by atoms with Crippen LogP contribution in [0.2, 0.25) is 0 Å². The summed E-state index contributed by atoms with van der Waals surface area (Å²) in [4.78, 5) is 30.0. The minimum absolute atomic E-state index is 0.140. The number of nitrogens with zero attached hydrogens (tertiary/aromatic N) is 2. The molecule has 3 aromatic carbocycles. The lowest BCUT2D eigenvalue weighted by atomic mass is 9.96. The fraction of sp³-hybridized carbons (Fsp3) is 0.459. The Morgan fingerprint density at radius 3 is 2.25 bits per heavy atom. The van der Waals surface area contributed by atoms with Crippen molar-refractivity contribution in [2.24, 2.45) is 5.92 Å². The lowest BCUT2D eigenvalue weighted by Gasteiger charge is -2.32. The summed E-state index contributed by atoms with van der Waals surface area (Å²) in [5, 5.41) is 6.74. The Balaban J connectivity index is 0.852. The first-order valence-electron chi connectivity index (χ1n) is 16.6. The smallest absolute Gasteiger partial charge is 0.255 e. The molecule has 0 bridgehead atoms. The van der Waals surface area contributed by atoms with E-state index in [1.54, 1.807) is 6.07 Å². The van der Waals surface area contributed by atoms with Crippen molar-refractivity contribution in [1.82, 2.24) is 15.1 Å². The summed E-state index contributed by atoms with van der Waals surface area (Å²) in [6, 6.07) is 24.2. The molecule has 0 spiro atoms. The number of rotatable bonds is 11. The Morgan fingerprint density at radius 2 is 1.52 bits per heavy atom. The van der Waals surface area contributed by atoms with E-state index < -0.39 is 0 Å². The molecule has 0 aromatic heterocycles. The van der Waals surface area contributed by atoms with Gasteiger partial charge in [-0.1, -0.05) is 36.4 Å². The number of hydrogen-bond acceptors (Lipinski definition) is 5. The van der Waals surface area contributed by atoms with Gasteiger partial charge in [0.2, 0.25) is 0 Å². The number of carbonyl (C=O) groups is 2. The number of aryl methyl sites for hydroxylation is 1. The standard InChI is InChI=1S/C37H47N5O2/c38-33-8-2-3-9-34(33)40-36(43)30-12-10-27(11-13-30)7-6-20-41-23-18-28(19-24-41)26-39-35-25-32(35)29-14-16-31(17-15-29)37(44)42-21-4-1-5-22-42/h2-3,8-17,28,32,35,39H,1,4-7,18-26,38H2,(H,40,43). The number of likely N-dealkylation sites (tertiary alicyclic amines) is 2. The first-order chi connectivity index (χ1) is 21.5. The normalized spacial score (nSPS) is 20.8. The van der Waals surface area contributed by atoms with Crippen LogP contribution in [0.4, 0.5) is 11.4 Å². The molecule has 44 heavy (non-hydrogen) atoms. The first-order valence-corrected chi connectivity index (χ1v) is 16.6. The van der Waals surface area contributed by atoms with Gasteiger partial charge in [0.25, 0.3) is 11.8 Å². The van der Waals surface area contributed by atoms with Crippen LogP contribution in [0.1, 0.15) is 82.7 Å². The largest absolute Gasteiger partial charge is 0.397 e. The number of amides is 2. The van der Waals surface area contributed by atoms with Crippen LogP contribution in [0.15, 0.2) is 72.8 Å². The molecule has 2 aliphatic heterocycles. The second-order valence-corrected chi connectivity index (χ2v) is 13.0. The third kappa shape index (κ3) is 7.88. The summed E-state index contributed by atoms with van der Waals surface area (Å²) in [6.45, 7) is 6.38. The lowest BCUT2D eigenvalue weighted by molar-refractivity contribution is 0.0724. The number of carbonyl (C=O) groups excluding carboxylic acids is 2.